The number of likely N-dealkylation sites (tertiary alicyclic amines) is 1. The molecule has 0 spiro atoms. The molecule has 1 fully saturated rings. The van der Waals surface area contributed by atoms with Gasteiger partial charge in [-0.15, -0.1) is 0 Å². The molecule has 68 valence electrons. The quantitative estimate of drug-likeness (QED) is 0.544. The van der Waals surface area contributed by atoms with Crippen LogP contribution in [0, 0.1) is 12.1 Å². The summed E-state index contributed by atoms with van der Waals surface area (Å²) in [5.74, 6) is 0. The molecule has 0 aromatic carbocycles. The predicted molar refractivity (Wildman–Crippen MR) is 53.0 cm³/mol. The van der Waals surface area contributed by atoms with Crippen molar-refractivity contribution in [2.75, 3.05) is 13.1 Å². The Morgan fingerprint density at radius 3 is 2.23 bits per heavy atom. The Kier molecular flexibility index (Phi) is 2.56. The third kappa shape index (κ3) is 2.29. The van der Waals surface area contributed by atoms with E-state index in [0.29, 0.717) is 0 Å². The van der Waals surface area contributed by atoms with Crippen molar-refractivity contribution in [3.63, 3.8) is 0 Å². The average Bonchev–Trinajstić information content (AvgIpc) is 2.69. The first-order valence-corrected chi connectivity index (χ1v) is 4.85. The van der Waals surface area contributed by atoms with Crippen molar-refractivity contribution in [3.05, 3.63) is 24.5 Å². The van der Waals surface area contributed by atoms with Gasteiger partial charge in [-0.05, 0) is 31.4 Å². The number of aromatic nitrogens is 1. The summed E-state index contributed by atoms with van der Waals surface area (Å²) in [6, 6.07) is 10.2. The summed E-state index contributed by atoms with van der Waals surface area (Å²) in [6.07, 6.45) is 7.89. The minimum Gasteiger partial charge on any atom is -0.331 e. The Bertz CT molecular complexity index is 297. The summed E-state index contributed by atoms with van der Waals surface area (Å²) in [4.78, 5) is 2.21. The minimum atomic E-state index is 1.13. The number of piperidine rings is 1. The van der Waals surface area contributed by atoms with Gasteiger partial charge in [0.25, 0.3) is 0 Å². The summed E-state index contributed by atoms with van der Waals surface area (Å²) < 4.78 is 1.90. The van der Waals surface area contributed by atoms with Crippen LogP contribution in [0.2, 0.25) is 0 Å². The molecule has 13 heavy (non-hydrogen) atoms. The molecule has 1 aliphatic rings. The van der Waals surface area contributed by atoms with Crippen LogP contribution in [0.3, 0.4) is 0 Å². The summed E-state index contributed by atoms with van der Waals surface area (Å²) in [5, 5.41) is 0. The van der Waals surface area contributed by atoms with Gasteiger partial charge < -0.3 is 4.90 Å². The third-order valence-corrected chi connectivity index (χ3v) is 2.30. The first-order chi connectivity index (χ1) is 6.45. The van der Waals surface area contributed by atoms with Crippen LogP contribution < -0.4 is 0 Å². The molecular formula is C11H14N2. The van der Waals surface area contributed by atoms with Crippen molar-refractivity contribution < 1.29 is 0 Å². The average molecular weight is 174 g/mol. The molecule has 0 unspecified atom stereocenters. The van der Waals surface area contributed by atoms with Crippen LogP contribution in [0.5, 0.6) is 0 Å². The van der Waals surface area contributed by atoms with Crippen LogP contribution >= 0.6 is 0 Å². The van der Waals surface area contributed by atoms with E-state index in [9.17, 15) is 0 Å². The van der Waals surface area contributed by atoms with Crippen molar-refractivity contribution in [3.8, 4) is 12.1 Å². The highest BCUT2D eigenvalue weighted by atomic mass is 15.1. The lowest BCUT2D eigenvalue weighted by molar-refractivity contribution is 0.326. The summed E-state index contributed by atoms with van der Waals surface area (Å²) in [7, 11) is 0. The Morgan fingerprint density at radius 1 is 0.846 bits per heavy atom. The Hall–Kier alpha value is -1.36. The molecule has 0 radical (unpaired) electrons. The van der Waals surface area contributed by atoms with Gasteiger partial charge >= 0.3 is 0 Å². The van der Waals surface area contributed by atoms with E-state index in [1.165, 1.54) is 19.3 Å². The largest absolute Gasteiger partial charge is 0.331 e. The second-order valence-corrected chi connectivity index (χ2v) is 3.36. The van der Waals surface area contributed by atoms with Crippen molar-refractivity contribution in [1.82, 2.24) is 9.47 Å². The highest BCUT2D eigenvalue weighted by molar-refractivity contribution is 5.06. The molecule has 1 aromatic heterocycles. The maximum Gasteiger partial charge on any atom is 0.0395 e. The second-order valence-electron chi connectivity index (χ2n) is 3.36. The van der Waals surface area contributed by atoms with Crippen LogP contribution in [0.4, 0.5) is 0 Å². The molecule has 0 N–H and O–H groups in total. The SMILES string of the molecule is C(#Cn1cccc1)N1CCCCC1. The zero-order chi connectivity index (χ0) is 8.93. The zero-order valence-corrected chi connectivity index (χ0v) is 7.74. The second kappa shape index (κ2) is 4.04. The molecule has 2 heteroatoms. The highest BCUT2D eigenvalue weighted by Crippen LogP contribution is 2.06. The Balaban J connectivity index is 1.95. The minimum absolute atomic E-state index is 1.13. The fourth-order valence-corrected chi connectivity index (χ4v) is 1.54. The van der Waals surface area contributed by atoms with Gasteiger partial charge in [-0.25, -0.2) is 0 Å². The number of hydrogen-bond donors (Lipinski definition) is 0. The molecule has 0 bridgehead atoms. The predicted octanol–water partition coefficient (Wildman–Crippen LogP) is 1.74. The molecule has 0 amide bonds. The molecule has 2 heterocycles. The van der Waals surface area contributed by atoms with E-state index in [1.54, 1.807) is 0 Å². The van der Waals surface area contributed by atoms with E-state index in [4.69, 9.17) is 0 Å². The smallest absolute Gasteiger partial charge is 0.0395 e. The van der Waals surface area contributed by atoms with Gasteiger partial charge in [-0.2, -0.15) is 0 Å². The molecule has 2 rings (SSSR count). The summed E-state index contributed by atoms with van der Waals surface area (Å²) in [5.41, 5.74) is 0. The van der Waals surface area contributed by atoms with Crippen LogP contribution in [0.15, 0.2) is 24.5 Å². The summed E-state index contributed by atoms with van der Waals surface area (Å²) in [6.45, 7) is 2.27. The lowest BCUT2D eigenvalue weighted by atomic mass is 10.1. The highest BCUT2D eigenvalue weighted by Gasteiger charge is 2.04. The normalized spacial score (nSPS) is 16.5. The van der Waals surface area contributed by atoms with Gasteiger partial charge in [0.1, 0.15) is 0 Å². The number of hydrogen-bond acceptors (Lipinski definition) is 1. The monoisotopic (exact) mass is 174 g/mol. The van der Waals surface area contributed by atoms with Gasteiger partial charge in [0.05, 0.1) is 0 Å². The Morgan fingerprint density at radius 2 is 1.54 bits per heavy atom. The lowest BCUT2D eigenvalue weighted by Gasteiger charge is -2.21. The zero-order valence-electron chi connectivity index (χ0n) is 7.74. The summed E-state index contributed by atoms with van der Waals surface area (Å²) >= 11 is 0. The molecule has 0 saturated carbocycles. The molecule has 0 atom stereocenters. The van der Waals surface area contributed by atoms with E-state index in [2.05, 4.69) is 17.0 Å². The van der Waals surface area contributed by atoms with E-state index >= 15 is 0 Å². The molecular weight excluding hydrogens is 160 g/mol. The molecule has 0 aliphatic carbocycles. The standard InChI is InChI=1S/C11H14N2/c1-2-6-12(7-3-1)10-11-13-8-4-5-9-13/h4-5,8-9H,1-3,6-7H2. The van der Waals surface area contributed by atoms with Crippen molar-refractivity contribution in [2.45, 2.75) is 19.3 Å². The van der Waals surface area contributed by atoms with E-state index in [0.717, 1.165) is 13.1 Å². The van der Waals surface area contributed by atoms with Crippen LogP contribution in [0.25, 0.3) is 0 Å². The van der Waals surface area contributed by atoms with Crippen LogP contribution in [-0.4, -0.2) is 22.6 Å². The third-order valence-electron chi connectivity index (χ3n) is 2.30. The van der Waals surface area contributed by atoms with E-state index < -0.39 is 0 Å². The van der Waals surface area contributed by atoms with Gasteiger partial charge in [0.15, 0.2) is 0 Å². The maximum absolute atomic E-state index is 3.17. The first-order valence-electron chi connectivity index (χ1n) is 4.85. The van der Waals surface area contributed by atoms with E-state index in [1.807, 2.05) is 29.1 Å². The van der Waals surface area contributed by atoms with Gasteiger partial charge in [-0.1, -0.05) is 0 Å². The maximum atomic E-state index is 3.17. The fraction of sp³-hybridized carbons (Fsp3) is 0.455. The molecule has 1 saturated heterocycles. The van der Waals surface area contributed by atoms with Crippen molar-refractivity contribution in [1.29, 1.82) is 0 Å². The molecule has 1 aromatic rings. The first kappa shape index (κ1) is 8.25. The van der Waals surface area contributed by atoms with Crippen molar-refractivity contribution >= 4 is 0 Å². The van der Waals surface area contributed by atoms with Gasteiger partial charge in [-0.3, -0.25) is 4.57 Å². The number of nitrogens with zero attached hydrogens (tertiary/aromatic N) is 2. The fourth-order valence-electron chi connectivity index (χ4n) is 1.54. The Labute approximate surface area is 79.2 Å². The lowest BCUT2D eigenvalue weighted by Crippen LogP contribution is -2.24. The molecule has 2 nitrogen and oxygen atoms in total. The van der Waals surface area contributed by atoms with Gasteiger partial charge in [0, 0.05) is 37.6 Å². The van der Waals surface area contributed by atoms with E-state index in [-0.39, 0.29) is 0 Å². The topological polar surface area (TPSA) is 8.17 Å². The number of rotatable bonds is 0. The van der Waals surface area contributed by atoms with Gasteiger partial charge in [0.2, 0.25) is 0 Å². The van der Waals surface area contributed by atoms with Crippen LogP contribution in [-0.2, 0) is 0 Å². The molecule has 1 aliphatic heterocycles. The van der Waals surface area contributed by atoms with Crippen LogP contribution in [0.1, 0.15) is 19.3 Å². The van der Waals surface area contributed by atoms with Crippen molar-refractivity contribution in [2.24, 2.45) is 0 Å².